The van der Waals surface area contributed by atoms with Gasteiger partial charge in [-0.2, -0.15) is 0 Å². The molecule has 10 heteroatoms. The van der Waals surface area contributed by atoms with Gasteiger partial charge in [0.15, 0.2) is 0 Å². The van der Waals surface area contributed by atoms with Gasteiger partial charge in [-0.25, -0.2) is 14.0 Å². The van der Waals surface area contributed by atoms with Crippen LogP contribution in [0.2, 0.25) is 0 Å². The second-order valence-corrected chi connectivity index (χ2v) is 8.44. The van der Waals surface area contributed by atoms with Gasteiger partial charge in [0.05, 0.1) is 22.6 Å². The third-order valence-corrected chi connectivity index (χ3v) is 6.09. The number of fused-ring (bicyclic) bond motifs is 1. The number of hydrogen-bond donors (Lipinski definition) is 2. The van der Waals surface area contributed by atoms with E-state index in [9.17, 15) is 14.4 Å². The van der Waals surface area contributed by atoms with Gasteiger partial charge in [-0.15, -0.1) is 0 Å². The first-order valence-corrected chi connectivity index (χ1v) is 10.8. The van der Waals surface area contributed by atoms with E-state index in [0.29, 0.717) is 25.0 Å². The molecule has 1 aliphatic heterocycles. The number of carbonyl (C=O) groups is 1. The standard InChI is InChI=1S/C23H23FN4O5/c24-18-10-17-19(11-20(18)26-9-8-15(12-26)25-22(30)31)27(16-6-7-16)23(32)28(21(17)29)33-13-14-4-2-1-3-5-14/h1-5,10-11,15-16,25H,6-9,12-13H2,(H,30,31). The predicted molar refractivity (Wildman–Crippen MR) is 119 cm³/mol. The highest BCUT2D eigenvalue weighted by atomic mass is 19.1. The van der Waals surface area contributed by atoms with Crippen molar-refractivity contribution >= 4 is 22.7 Å². The Balaban J connectivity index is 1.55. The lowest BCUT2D eigenvalue weighted by molar-refractivity contribution is 0.0773. The summed E-state index contributed by atoms with van der Waals surface area (Å²) < 4.78 is 17.3. The van der Waals surface area contributed by atoms with Crippen LogP contribution in [0.5, 0.6) is 0 Å². The maximum atomic E-state index is 15.1. The largest absolute Gasteiger partial charge is 0.465 e. The van der Waals surface area contributed by atoms with E-state index >= 15 is 4.39 Å². The van der Waals surface area contributed by atoms with Crippen LogP contribution in [-0.4, -0.2) is 39.6 Å². The molecule has 1 atom stereocenters. The molecule has 1 unspecified atom stereocenters. The molecule has 2 aliphatic rings. The second kappa shape index (κ2) is 8.27. The van der Waals surface area contributed by atoms with Gasteiger partial charge in [-0.3, -0.25) is 9.36 Å². The Morgan fingerprint density at radius 2 is 1.91 bits per heavy atom. The molecule has 9 nitrogen and oxygen atoms in total. The summed E-state index contributed by atoms with van der Waals surface area (Å²) in [4.78, 5) is 44.5. The van der Waals surface area contributed by atoms with Gasteiger partial charge in [0, 0.05) is 19.1 Å². The van der Waals surface area contributed by atoms with Crippen LogP contribution < -0.4 is 26.3 Å². The van der Waals surface area contributed by atoms with Crippen molar-refractivity contribution in [3.8, 4) is 0 Å². The zero-order valence-corrected chi connectivity index (χ0v) is 17.7. The van der Waals surface area contributed by atoms with Gasteiger partial charge in [0.2, 0.25) is 0 Å². The minimum Gasteiger partial charge on any atom is -0.465 e. The summed E-state index contributed by atoms with van der Waals surface area (Å²) in [7, 11) is 0. The van der Waals surface area contributed by atoms with Crippen molar-refractivity contribution in [2.75, 3.05) is 18.0 Å². The summed E-state index contributed by atoms with van der Waals surface area (Å²) >= 11 is 0. The molecule has 5 rings (SSSR count). The van der Waals surface area contributed by atoms with Crippen LogP contribution in [0, 0.1) is 5.82 Å². The molecule has 33 heavy (non-hydrogen) atoms. The zero-order valence-electron chi connectivity index (χ0n) is 17.7. The number of nitrogens with one attached hydrogen (secondary N) is 1. The fraction of sp³-hybridized carbons (Fsp3) is 0.348. The Morgan fingerprint density at radius 1 is 1.15 bits per heavy atom. The van der Waals surface area contributed by atoms with Crippen molar-refractivity contribution in [1.29, 1.82) is 0 Å². The van der Waals surface area contributed by atoms with E-state index in [1.165, 1.54) is 10.6 Å². The van der Waals surface area contributed by atoms with Crippen molar-refractivity contribution < 1.29 is 19.1 Å². The zero-order chi connectivity index (χ0) is 23.1. The van der Waals surface area contributed by atoms with E-state index in [4.69, 9.17) is 9.94 Å². The normalized spacial score (nSPS) is 18.0. The third kappa shape index (κ3) is 4.04. The first kappa shape index (κ1) is 21.0. The van der Waals surface area contributed by atoms with Crippen molar-refractivity contribution in [2.45, 2.75) is 38.0 Å². The van der Waals surface area contributed by atoms with Gasteiger partial charge < -0.3 is 20.2 Å². The number of halogens is 1. The van der Waals surface area contributed by atoms with E-state index in [1.54, 1.807) is 4.90 Å². The van der Waals surface area contributed by atoms with Crippen molar-refractivity contribution in [3.05, 3.63) is 74.7 Å². The average Bonchev–Trinajstić information content (AvgIpc) is 3.52. The number of rotatable bonds is 6. The van der Waals surface area contributed by atoms with E-state index in [1.807, 2.05) is 30.3 Å². The number of hydrogen-bond acceptors (Lipinski definition) is 5. The van der Waals surface area contributed by atoms with Crippen LogP contribution in [0.1, 0.15) is 30.9 Å². The maximum Gasteiger partial charge on any atom is 0.404 e. The number of amides is 1. The molecule has 2 N–H and O–H groups in total. The average molecular weight is 454 g/mol. The van der Waals surface area contributed by atoms with Crippen molar-refractivity contribution in [1.82, 2.24) is 14.6 Å². The molecule has 2 fully saturated rings. The Bertz CT molecular complexity index is 1330. The molecular formula is C23H23FN4O5. The van der Waals surface area contributed by atoms with Crippen LogP contribution in [0.25, 0.3) is 10.9 Å². The fourth-order valence-corrected chi connectivity index (χ4v) is 4.35. The van der Waals surface area contributed by atoms with Crippen LogP contribution in [0.15, 0.2) is 52.1 Å². The molecule has 1 saturated carbocycles. The van der Waals surface area contributed by atoms with Crippen LogP contribution in [0.3, 0.4) is 0 Å². The summed E-state index contributed by atoms with van der Waals surface area (Å²) in [6.07, 6.45) is 0.980. The topological polar surface area (TPSA) is 106 Å². The Hall–Kier alpha value is -3.82. The van der Waals surface area contributed by atoms with Crippen LogP contribution in [-0.2, 0) is 6.61 Å². The quantitative estimate of drug-likeness (QED) is 0.591. The molecular weight excluding hydrogens is 431 g/mol. The highest BCUT2D eigenvalue weighted by Crippen LogP contribution is 2.36. The summed E-state index contributed by atoms with van der Waals surface area (Å²) in [6, 6.07) is 11.4. The molecule has 0 radical (unpaired) electrons. The molecule has 3 aromatic rings. The minimum atomic E-state index is -1.13. The lowest BCUT2D eigenvalue weighted by Crippen LogP contribution is -2.43. The summed E-state index contributed by atoms with van der Waals surface area (Å²) in [5, 5.41) is 11.4. The smallest absolute Gasteiger partial charge is 0.404 e. The number of anilines is 1. The summed E-state index contributed by atoms with van der Waals surface area (Å²) in [5.41, 5.74) is 0.101. The number of nitrogens with zero attached hydrogens (tertiary/aromatic N) is 3. The van der Waals surface area contributed by atoms with Gasteiger partial charge in [0.1, 0.15) is 12.4 Å². The number of carboxylic acid groups (broad SMARTS) is 1. The lowest BCUT2D eigenvalue weighted by Gasteiger charge is -2.21. The van der Waals surface area contributed by atoms with Gasteiger partial charge >= 0.3 is 11.8 Å². The van der Waals surface area contributed by atoms with Gasteiger partial charge in [-0.05, 0) is 37.0 Å². The molecule has 1 amide bonds. The van der Waals surface area contributed by atoms with E-state index < -0.39 is 23.2 Å². The fourth-order valence-electron chi connectivity index (χ4n) is 4.35. The first-order valence-electron chi connectivity index (χ1n) is 10.8. The number of aromatic nitrogens is 2. The van der Waals surface area contributed by atoms with Crippen molar-refractivity contribution in [2.24, 2.45) is 0 Å². The van der Waals surface area contributed by atoms with Crippen molar-refractivity contribution in [3.63, 3.8) is 0 Å². The Morgan fingerprint density at radius 3 is 2.61 bits per heavy atom. The van der Waals surface area contributed by atoms with Gasteiger partial charge in [0.25, 0.3) is 5.56 Å². The summed E-state index contributed by atoms with van der Waals surface area (Å²) in [6.45, 7) is 0.788. The van der Waals surface area contributed by atoms with E-state index in [0.717, 1.165) is 29.2 Å². The second-order valence-electron chi connectivity index (χ2n) is 8.44. The minimum absolute atomic E-state index is 0.0263. The highest BCUT2D eigenvalue weighted by molar-refractivity contribution is 5.83. The Labute approximate surface area is 187 Å². The SMILES string of the molecule is O=C(O)NC1CCN(c2cc3c(cc2F)c(=O)n(OCc2ccccc2)c(=O)n3C2CC2)C1. The lowest BCUT2D eigenvalue weighted by atomic mass is 10.2. The molecule has 2 heterocycles. The monoisotopic (exact) mass is 454 g/mol. The van der Waals surface area contributed by atoms with Crippen LogP contribution in [0.4, 0.5) is 14.9 Å². The Kier molecular flexibility index (Phi) is 5.27. The molecule has 0 bridgehead atoms. The maximum absolute atomic E-state index is 15.1. The van der Waals surface area contributed by atoms with Gasteiger partial charge in [-0.1, -0.05) is 35.1 Å². The number of benzene rings is 2. The third-order valence-electron chi connectivity index (χ3n) is 6.09. The van der Waals surface area contributed by atoms with E-state index in [-0.39, 0.29) is 29.8 Å². The molecule has 1 aliphatic carbocycles. The first-order chi connectivity index (χ1) is 15.9. The molecule has 0 spiro atoms. The molecule has 172 valence electrons. The van der Waals surface area contributed by atoms with Crippen LogP contribution >= 0.6 is 0 Å². The molecule has 1 saturated heterocycles. The summed E-state index contributed by atoms with van der Waals surface area (Å²) in [5.74, 6) is -0.605. The van der Waals surface area contributed by atoms with E-state index in [2.05, 4.69) is 5.32 Å². The molecule has 2 aromatic carbocycles. The molecule has 1 aromatic heterocycles. The highest BCUT2D eigenvalue weighted by Gasteiger charge is 2.31. The predicted octanol–water partition coefficient (Wildman–Crippen LogP) is 2.11.